The van der Waals surface area contributed by atoms with Gasteiger partial charge in [-0.1, -0.05) is 350 Å². The van der Waals surface area contributed by atoms with E-state index in [1.54, 1.807) is 0 Å². The molecule has 0 rings (SSSR count). The molecular formula is C78H152O17P2. The molecule has 4 unspecified atom stereocenters. The van der Waals surface area contributed by atoms with Gasteiger partial charge in [-0.25, -0.2) is 9.13 Å². The number of aliphatic hydroxyl groups excluding tert-OH is 1. The first-order valence-electron chi connectivity index (χ1n) is 40.4. The van der Waals surface area contributed by atoms with E-state index >= 15 is 0 Å². The van der Waals surface area contributed by atoms with E-state index < -0.39 is 97.5 Å². The van der Waals surface area contributed by atoms with E-state index in [2.05, 4.69) is 48.5 Å². The van der Waals surface area contributed by atoms with Crippen molar-refractivity contribution in [1.29, 1.82) is 0 Å². The lowest BCUT2D eigenvalue weighted by atomic mass is 9.99. The van der Waals surface area contributed by atoms with Gasteiger partial charge in [0.05, 0.1) is 26.4 Å². The first kappa shape index (κ1) is 95.1. The predicted octanol–water partition coefficient (Wildman–Crippen LogP) is 23.0. The van der Waals surface area contributed by atoms with E-state index in [0.29, 0.717) is 31.6 Å². The molecule has 0 saturated carbocycles. The summed E-state index contributed by atoms with van der Waals surface area (Å²) < 4.78 is 68.5. The molecule has 0 saturated heterocycles. The molecular weight excluding hydrogens is 1270 g/mol. The number of phosphoric acid groups is 2. The van der Waals surface area contributed by atoms with E-state index in [1.807, 2.05) is 0 Å². The van der Waals surface area contributed by atoms with Gasteiger partial charge in [0.25, 0.3) is 0 Å². The molecule has 0 aromatic carbocycles. The van der Waals surface area contributed by atoms with Crippen LogP contribution < -0.4 is 0 Å². The van der Waals surface area contributed by atoms with Gasteiger partial charge in [-0.2, -0.15) is 0 Å². The summed E-state index contributed by atoms with van der Waals surface area (Å²) in [4.78, 5) is 72.8. The highest BCUT2D eigenvalue weighted by molar-refractivity contribution is 7.47. The van der Waals surface area contributed by atoms with Crippen LogP contribution in [0, 0.1) is 17.8 Å². The van der Waals surface area contributed by atoms with Crippen LogP contribution in [0.25, 0.3) is 0 Å². The fourth-order valence-electron chi connectivity index (χ4n) is 11.9. The van der Waals surface area contributed by atoms with E-state index in [0.717, 1.165) is 108 Å². The molecule has 97 heavy (non-hydrogen) atoms. The van der Waals surface area contributed by atoms with Gasteiger partial charge in [0.1, 0.15) is 19.3 Å². The molecule has 19 heteroatoms. The summed E-state index contributed by atoms with van der Waals surface area (Å²) in [6.45, 7) is 11.9. The van der Waals surface area contributed by atoms with Crippen molar-refractivity contribution in [2.24, 2.45) is 17.8 Å². The normalized spacial score (nSPS) is 14.6. The largest absolute Gasteiger partial charge is 0.472 e. The third kappa shape index (κ3) is 69.5. The molecule has 3 N–H and O–H groups in total. The molecule has 0 aliphatic carbocycles. The molecule has 576 valence electrons. The average Bonchev–Trinajstić information content (AvgIpc) is 1.31. The number of rotatable bonds is 76. The molecule has 0 radical (unpaired) electrons. The van der Waals surface area contributed by atoms with Crippen LogP contribution in [0.4, 0.5) is 0 Å². The average molecular weight is 1420 g/mol. The lowest BCUT2D eigenvalue weighted by molar-refractivity contribution is -0.161. The number of unbranched alkanes of at least 4 members (excludes halogenated alkanes) is 42. The first-order chi connectivity index (χ1) is 46.8. The highest BCUT2D eigenvalue weighted by Crippen LogP contribution is 2.45. The van der Waals surface area contributed by atoms with Crippen LogP contribution in [0.15, 0.2) is 0 Å². The number of hydrogen-bond acceptors (Lipinski definition) is 15. The number of carbonyl (C=O) groups excluding carboxylic acids is 4. The molecule has 7 atom stereocenters. The minimum Gasteiger partial charge on any atom is -0.462 e. The molecule has 0 spiro atoms. The molecule has 0 heterocycles. The zero-order valence-electron chi connectivity index (χ0n) is 63.5. The van der Waals surface area contributed by atoms with Crippen molar-refractivity contribution in [1.82, 2.24) is 0 Å². The molecule has 0 aliphatic rings. The van der Waals surface area contributed by atoms with Gasteiger partial charge in [-0.15, -0.1) is 0 Å². The van der Waals surface area contributed by atoms with Crippen molar-refractivity contribution >= 4 is 39.5 Å². The summed E-state index contributed by atoms with van der Waals surface area (Å²) in [5.74, 6) is 0.269. The highest BCUT2D eigenvalue weighted by atomic mass is 31.2. The summed E-state index contributed by atoms with van der Waals surface area (Å²) in [7, 11) is -9.91. The minimum absolute atomic E-state index is 0.106. The number of ether oxygens (including phenoxy) is 4. The summed E-state index contributed by atoms with van der Waals surface area (Å²) >= 11 is 0. The second kappa shape index (κ2) is 68.5. The van der Waals surface area contributed by atoms with Crippen molar-refractivity contribution in [3.63, 3.8) is 0 Å². The number of esters is 4. The number of phosphoric ester groups is 2. The van der Waals surface area contributed by atoms with Gasteiger partial charge in [0, 0.05) is 25.7 Å². The van der Waals surface area contributed by atoms with Crippen LogP contribution in [-0.4, -0.2) is 96.7 Å². The Balaban J connectivity index is 5.20. The number of carbonyl (C=O) groups is 4. The Morgan fingerprint density at radius 2 is 0.526 bits per heavy atom. The molecule has 0 aromatic heterocycles. The van der Waals surface area contributed by atoms with Gasteiger partial charge in [-0.3, -0.25) is 37.3 Å². The fourth-order valence-corrected chi connectivity index (χ4v) is 13.5. The van der Waals surface area contributed by atoms with E-state index in [4.69, 9.17) is 37.0 Å². The smallest absolute Gasteiger partial charge is 0.462 e. The van der Waals surface area contributed by atoms with Gasteiger partial charge < -0.3 is 33.8 Å². The molecule has 0 aromatic rings. The second-order valence-corrected chi connectivity index (χ2v) is 32.0. The molecule has 0 amide bonds. The third-order valence-corrected chi connectivity index (χ3v) is 20.8. The van der Waals surface area contributed by atoms with Crippen molar-refractivity contribution in [3.05, 3.63) is 0 Å². The highest BCUT2D eigenvalue weighted by Gasteiger charge is 2.30. The van der Waals surface area contributed by atoms with Crippen molar-refractivity contribution in [2.75, 3.05) is 39.6 Å². The Morgan fingerprint density at radius 1 is 0.299 bits per heavy atom. The lowest BCUT2D eigenvalue weighted by Crippen LogP contribution is -2.30. The SMILES string of the molecule is CCCCCCCCCCCCCC(=O)O[C@H](COC(=O)CCCCCCCCCC(C)C)COP(=O)(O)OC[C@H](O)COP(=O)(O)OC[C@@H](COC(=O)CCCCCCCCCCCCC(C)CC)OC(=O)CCCCCCCCCCCCCCCCCCCCC(C)CC. The van der Waals surface area contributed by atoms with Gasteiger partial charge in [-0.05, 0) is 43.4 Å². The Hall–Kier alpha value is -1.94. The maximum absolute atomic E-state index is 13.1. The summed E-state index contributed by atoms with van der Waals surface area (Å²) in [6, 6.07) is 0. The number of aliphatic hydroxyl groups is 1. The Kier molecular flexibility index (Phi) is 67.1. The molecule has 0 bridgehead atoms. The quantitative estimate of drug-likeness (QED) is 0.0222. The van der Waals surface area contributed by atoms with Crippen LogP contribution in [-0.2, 0) is 65.4 Å². The van der Waals surface area contributed by atoms with Gasteiger partial charge in [0.2, 0.25) is 0 Å². The van der Waals surface area contributed by atoms with Crippen LogP contribution in [0.3, 0.4) is 0 Å². The molecule has 0 fully saturated rings. The first-order valence-corrected chi connectivity index (χ1v) is 43.4. The standard InChI is InChI=1S/C78H152O17P2/c1-8-11-12-13-14-15-24-32-39-47-54-61-77(82)95-74(66-89-76(81)60-53-46-41-34-35-42-49-56-69(4)5)68-93-97(86,87)91-64-72(79)63-90-96(84,85)92-67-73(65-88-75(80)59-52-45-38-31-28-27-30-37-44-51-58-71(7)10-3)94-78(83)62-55-48-40-33-26-23-21-19-17-16-18-20-22-25-29-36-43-50-57-70(6)9-2/h69-74,79H,8-68H2,1-7H3,(H,84,85)(H,86,87)/t70?,71?,72-,73-,74-/m1/s1. The third-order valence-electron chi connectivity index (χ3n) is 18.9. The molecule has 17 nitrogen and oxygen atoms in total. The lowest BCUT2D eigenvalue weighted by Gasteiger charge is -2.21. The van der Waals surface area contributed by atoms with Crippen molar-refractivity contribution in [2.45, 2.75) is 420 Å². The van der Waals surface area contributed by atoms with Crippen LogP contribution >= 0.6 is 15.6 Å². The van der Waals surface area contributed by atoms with E-state index in [1.165, 1.54) is 205 Å². The minimum atomic E-state index is -4.96. The summed E-state index contributed by atoms with van der Waals surface area (Å²) in [5.41, 5.74) is 0. The monoisotopic (exact) mass is 1420 g/mol. The van der Waals surface area contributed by atoms with E-state index in [9.17, 15) is 43.2 Å². The topological polar surface area (TPSA) is 237 Å². The van der Waals surface area contributed by atoms with E-state index in [-0.39, 0.29) is 25.7 Å². The van der Waals surface area contributed by atoms with Gasteiger partial charge >= 0.3 is 39.5 Å². The fraction of sp³-hybridized carbons (Fsp3) is 0.949. The Labute approximate surface area is 594 Å². The van der Waals surface area contributed by atoms with Crippen molar-refractivity contribution in [3.8, 4) is 0 Å². The summed E-state index contributed by atoms with van der Waals surface area (Å²) in [5, 5.41) is 10.6. The number of hydrogen-bond donors (Lipinski definition) is 3. The maximum Gasteiger partial charge on any atom is 0.472 e. The maximum atomic E-state index is 13.1. The zero-order valence-corrected chi connectivity index (χ0v) is 65.3. The van der Waals surface area contributed by atoms with Gasteiger partial charge in [0.15, 0.2) is 12.2 Å². The van der Waals surface area contributed by atoms with Crippen LogP contribution in [0.2, 0.25) is 0 Å². The summed E-state index contributed by atoms with van der Waals surface area (Å²) in [6.07, 6.45) is 55.5. The zero-order chi connectivity index (χ0) is 71.6. The predicted molar refractivity (Wildman–Crippen MR) is 395 cm³/mol. The Bertz CT molecular complexity index is 1890. The molecule has 0 aliphatic heterocycles. The van der Waals surface area contributed by atoms with Crippen molar-refractivity contribution < 1.29 is 80.2 Å². The van der Waals surface area contributed by atoms with Crippen LogP contribution in [0.5, 0.6) is 0 Å². The Morgan fingerprint density at radius 3 is 0.784 bits per heavy atom. The van der Waals surface area contributed by atoms with Crippen LogP contribution in [0.1, 0.15) is 402 Å². The second-order valence-electron chi connectivity index (χ2n) is 29.1.